The van der Waals surface area contributed by atoms with E-state index in [1.807, 2.05) is 4.90 Å². The van der Waals surface area contributed by atoms with Crippen LogP contribution in [0.1, 0.15) is 60.2 Å². The summed E-state index contributed by atoms with van der Waals surface area (Å²) in [5, 5.41) is 11.1. The Kier molecular flexibility index (Phi) is 6.70. The van der Waals surface area contributed by atoms with Gasteiger partial charge in [0.2, 0.25) is 5.91 Å². The van der Waals surface area contributed by atoms with Gasteiger partial charge in [-0.15, -0.1) is 0 Å². The van der Waals surface area contributed by atoms with Gasteiger partial charge in [0.05, 0.1) is 17.9 Å². The number of aliphatic hydroxyl groups is 1. The number of nitrogens with zero attached hydrogens (tertiary/aromatic N) is 4. The number of rotatable bonds is 5. The zero-order chi connectivity index (χ0) is 28.2. The van der Waals surface area contributed by atoms with Gasteiger partial charge in [-0.25, -0.2) is 9.97 Å². The van der Waals surface area contributed by atoms with Crippen molar-refractivity contribution in [2.45, 2.75) is 56.3 Å². The molecular formula is C29H27ClF3N5O2. The molecule has 208 valence electrons. The Morgan fingerprint density at radius 3 is 2.65 bits per heavy atom. The minimum absolute atomic E-state index is 0.0151. The molecule has 2 fully saturated rings. The van der Waals surface area contributed by atoms with Gasteiger partial charge < -0.3 is 15.7 Å². The lowest BCUT2D eigenvalue weighted by Crippen LogP contribution is -2.41. The van der Waals surface area contributed by atoms with Crippen LogP contribution in [0.2, 0.25) is 5.15 Å². The molecule has 0 aliphatic carbocycles. The van der Waals surface area contributed by atoms with Gasteiger partial charge in [-0.3, -0.25) is 9.20 Å². The van der Waals surface area contributed by atoms with Gasteiger partial charge in [-0.2, -0.15) is 13.2 Å². The molecule has 0 radical (unpaired) electrons. The number of nitrogens with two attached hydrogens (primary N) is 1. The lowest BCUT2D eigenvalue weighted by atomic mass is 9.92. The molecule has 0 saturated carbocycles. The fourth-order valence-electron chi connectivity index (χ4n) is 5.91. The number of halogens is 4. The largest absolute Gasteiger partial charge is 0.416 e. The number of nitrogen functional groups attached to an aromatic ring is 1. The summed E-state index contributed by atoms with van der Waals surface area (Å²) in [4.78, 5) is 23.5. The normalized spacial score (nSPS) is 20.2. The molecule has 40 heavy (non-hydrogen) atoms. The molecule has 2 saturated heterocycles. The minimum atomic E-state index is -4.45. The van der Waals surface area contributed by atoms with Crippen molar-refractivity contribution in [3.63, 3.8) is 0 Å². The van der Waals surface area contributed by atoms with E-state index < -0.39 is 17.8 Å². The number of benzene rings is 2. The van der Waals surface area contributed by atoms with E-state index in [0.29, 0.717) is 52.1 Å². The van der Waals surface area contributed by atoms with Gasteiger partial charge in [-0.05, 0) is 36.5 Å². The number of imidazole rings is 1. The molecule has 4 aromatic rings. The third-order valence-electron chi connectivity index (χ3n) is 8.01. The van der Waals surface area contributed by atoms with E-state index in [1.54, 1.807) is 40.9 Å². The number of hydrogen-bond acceptors (Lipinski definition) is 5. The number of aliphatic hydroxyl groups excluding tert-OH is 1. The van der Waals surface area contributed by atoms with E-state index in [-0.39, 0.29) is 24.1 Å². The zero-order valence-electron chi connectivity index (χ0n) is 21.4. The summed E-state index contributed by atoms with van der Waals surface area (Å²) in [6, 6.07) is 12.1. The Balaban J connectivity index is 1.27. The first kappa shape index (κ1) is 26.6. The maximum absolute atomic E-state index is 13.1. The second-order valence-electron chi connectivity index (χ2n) is 10.5. The molecule has 6 rings (SSSR count). The van der Waals surface area contributed by atoms with Crippen LogP contribution in [0.4, 0.5) is 19.0 Å². The SMILES string of the molecule is Nc1nc(-c2ccc([C@@H](O)Cc3cccc(C(F)(F)F)c3)cc2)c(Cl)n2c([C@@H]3CC[C@H]4CCC(=O)N4C3)ncc12. The fraction of sp³-hybridized carbons (Fsp3) is 0.345. The average molecular weight is 570 g/mol. The predicted octanol–water partition coefficient (Wildman–Crippen LogP) is 5.80. The number of carbonyl (C=O) groups is 1. The van der Waals surface area contributed by atoms with Crippen LogP contribution in [0.5, 0.6) is 0 Å². The van der Waals surface area contributed by atoms with Crippen molar-refractivity contribution >= 4 is 28.8 Å². The molecule has 0 bridgehead atoms. The number of piperidine rings is 1. The van der Waals surface area contributed by atoms with Crippen LogP contribution in [-0.2, 0) is 17.4 Å². The summed E-state index contributed by atoms with van der Waals surface area (Å²) >= 11 is 6.90. The quantitative estimate of drug-likeness (QED) is 0.317. The molecule has 2 aromatic heterocycles. The Hall–Kier alpha value is -3.63. The molecule has 2 aromatic carbocycles. The topological polar surface area (TPSA) is 96.8 Å². The Morgan fingerprint density at radius 2 is 1.90 bits per heavy atom. The fourth-order valence-corrected chi connectivity index (χ4v) is 6.24. The van der Waals surface area contributed by atoms with E-state index in [9.17, 15) is 23.1 Å². The van der Waals surface area contributed by atoms with Crippen LogP contribution in [-0.4, -0.2) is 42.9 Å². The van der Waals surface area contributed by atoms with E-state index in [1.165, 1.54) is 6.07 Å². The van der Waals surface area contributed by atoms with E-state index >= 15 is 0 Å². The van der Waals surface area contributed by atoms with Crippen molar-refractivity contribution in [2.75, 3.05) is 12.3 Å². The molecule has 7 nitrogen and oxygen atoms in total. The van der Waals surface area contributed by atoms with Crippen LogP contribution in [0, 0.1) is 0 Å². The first-order chi connectivity index (χ1) is 19.1. The van der Waals surface area contributed by atoms with Gasteiger partial charge in [0.25, 0.3) is 0 Å². The van der Waals surface area contributed by atoms with E-state index in [0.717, 1.165) is 37.2 Å². The standard InChI is InChI=1S/C29H27ClF3N5O2/c30-26-25(18-6-4-17(5-7-18)23(39)13-16-2-1-3-20(12-16)29(31,32)33)36-27(34)22-14-35-28(38(22)26)19-8-9-21-10-11-24(40)37(21)15-19/h1-7,12,14,19,21,23,39H,8-11,13,15H2,(H2,34,36)/t19-,21+,23+/m1/s1. The van der Waals surface area contributed by atoms with Gasteiger partial charge in [0.15, 0.2) is 0 Å². The van der Waals surface area contributed by atoms with Gasteiger partial charge in [-0.1, -0.05) is 54.1 Å². The number of aromatic nitrogens is 3. The molecular weight excluding hydrogens is 543 g/mol. The first-order valence-corrected chi connectivity index (χ1v) is 13.5. The maximum Gasteiger partial charge on any atom is 0.416 e. The van der Waals surface area contributed by atoms with Crippen molar-refractivity contribution in [3.8, 4) is 11.3 Å². The highest BCUT2D eigenvalue weighted by Crippen LogP contribution is 2.38. The molecule has 3 N–H and O–H groups in total. The van der Waals surface area contributed by atoms with Crippen molar-refractivity contribution in [1.29, 1.82) is 0 Å². The van der Waals surface area contributed by atoms with Gasteiger partial charge >= 0.3 is 6.18 Å². The molecule has 3 atom stereocenters. The summed E-state index contributed by atoms with van der Waals surface area (Å²) in [7, 11) is 0. The highest BCUT2D eigenvalue weighted by atomic mass is 35.5. The van der Waals surface area contributed by atoms with Crippen LogP contribution >= 0.6 is 11.6 Å². The summed E-state index contributed by atoms with van der Waals surface area (Å²) in [5.41, 5.74) is 8.17. The second-order valence-corrected chi connectivity index (χ2v) is 10.9. The second kappa shape index (κ2) is 10.1. The van der Waals surface area contributed by atoms with Crippen LogP contribution < -0.4 is 5.73 Å². The monoisotopic (exact) mass is 569 g/mol. The Morgan fingerprint density at radius 1 is 1.12 bits per heavy atom. The van der Waals surface area contributed by atoms with Gasteiger partial charge in [0.1, 0.15) is 28.0 Å². The molecule has 0 unspecified atom stereocenters. The van der Waals surface area contributed by atoms with E-state index in [2.05, 4.69) is 9.97 Å². The van der Waals surface area contributed by atoms with Gasteiger partial charge in [0, 0.05) is 36.9 Å². The number of alkyl halides is 3. The van der Waals surface area contributed by atoms with Crippen LogP contribution in [0.3, 0.4) is 0 Å². The number of hydrogen-bond donors (Lipinski definition) is 2. The van der Waals surface area contributed by atoms with Crippen LogP contribution in [0.25, 0.3) is 16.8 Å². The smallest absolute Gasteiger partial charge is 0.388 e. The number of carbonyl (C=O) groups excluding carboxylic acids is 1. The van der Waals surface area contributed by atoms with Crippen LogP contribution in [0.15, 0.2) is 54.7 Å². The molecule has 1 amide bonds. The van der Waals surface area contributed by atoms with Crippen molar-refractivity contribution in [3.05, 3.63) is 82.4 Å². The molecule has 2 aliphatic heterocycles. The summed E-state index contributed by atoms with van der Waals surface area (Å²) < 4.78 is 41.0. The third kappa shape index (κ3) is 4.79. The summed E-state index contributed by atoms with van der Waals surface area (Å²) in [6.07, 6.45) is -0.470. The summed E-state index contributed by atoms with van der Waals surface area (Å²) in [6.45, 7) is 0.592. The third-order valence-corrected chi connectivity index (χ3v) is 8.36. The van der Waals surface area contributed by atoms with E-state index in [4.69, 9.17) is 17.3 Å². The predicted molar refractivity (Wildman–Crippen MR) is 145 cm³/mol. The Labute approximate surface area is 233 Å². The van der Waals surface area contributed by atoms with Crippen molar-refractivity contribution in [1.82, 2.24) is 19.3 Å². The molecule has 0 spiro atoms. The number of anilines is 1. The highest BCUT2D eigenvalue weighted by Gasteiger charge is 2.38. The first-order valence-electron chi connectivity index (χ1n) is 13.2. The molecule has 11 heteroatoms. The lowest BCUT2D eigenvalue weighted by molar-refractivity contribution is -0.137. The maximum atomic E-state index is 13.1. The Bertz CT molecular complexity index is 1590. The summed E-state index contributed by atoms with van der Waals surface area (Å²) in [5.74, 6) is 1.19. The molecule has 2 aliphatic rings. The number of fused-ring (bicyclic) bond motifs is 2. The highest BCUT2D eigenvalue weighted by molar-refractivity contribution is 6.32. The molecule has 4 heterocycles. The van der Waals surface area contributed by atoms with Crippen molar-refractivity contribution < 1.29 is 23.1 Å². The number of amides is 1. The minimum Gasteiger partial charge on any atom is -0.388 e. The van der Waals surface area contributed by atoms with Crippen molar-refractivity contribution in [2.24, 2.45) is 0 Å². The average Bonchev–Trinajstić information content (AvgIpc) is 3.55. The lowest BCUT2D eigenvalue weighted by Gasteiger charge is -2.34. The zero-order valence-corrected chi connectivity index (χ0v) is 22.2.